The third kappa shape index (κ3) is 2.54. The monoisotopic (exact) mass is 373 g/mol. The predicted octanol–water partition coefficient (Wildman–Crippen LogP) is 4.59. The van der Waals surface area contributed by atoms with Gasteiger partial charge in [0, 0.05) is 12.4 Å². The van der Waals surface area contributed by atoms with E-state index in [0.29, 0.717) is 0 Å². The number of allylic oxidation sites excluding steroid dienone is 5. The van der Waals surface area contributed by atoms with Crippen molar-refractivity contribution in [2.75, 3.05) is 0 Å². The average Bonchev–Trinajstić information content (AvgIpc) is 2.93. The van der Waals surface area contributed by atoms with Crippen molar-refractivity contribution in [1.29, 1.82) is 0 Å². The van der Waals surface area contributed by atoms with Crippen LogP contribution in [0.3, 0.4) is 0 Å². The smallest absolute Gasteiger partial charge is 0.115 e. The van der Waals surface area contributed by atoms with Crippen LogP contribution in [0.15, 0.2) is 70.6 Å². The fraction of sp³-hybridized carbons (Fsp3) is 0. The molecule has 1 aromatic heterocycles. The molecule has 0 aliphatic heterocycles. The van der Waals surface area contributed by atoms with Crippen LogP contribution in [0.25, 0.3) is 11.1 Å². The Morgan fingerprint density at radius 1 is 0.850 bits per heavy atom. The van der Waals surface area contributed by atoms with Gasteiger partial charge >= 0.3 is 0 Å². The summed E-state index contributed by atoms with van der Waals surface area (Å²) in [4.78, 5) is 4.07. The molecule has 3 heteroatoms. The van der Waals surface area contributed by atoms with E-state index < -0.39 is 0 Å². The summed E-state index contributed by atoms with van der Waals surface area (Å²) in [6, 6.07) is 11.3. The summed E-state index contributed by atoms with van der Waals surface area (Å²) in [5.41, 5.74) is 5.77. The first kappa shape index (κ1) is 13.1. The van der Waals surface area contributed by atoms with Crippen LogP contribution in [0.4, 0.5) is 0 Å². The molecule has 1 aliphatic rings. The van der Waals surface area contributed by atoms with E-state index in [4.69, 9.17) is 0 Å². The Kier molecular flexibility index (Phi) is 3.69. The van der Waals surface area contributed by atoms with Gasteiger partial charge in [0.05, 0.1) is 0 Å². The number of hydrogen-bond donors (Lipinski definition) is 1. The van der Waals surface area contributed by atoms with Gasteiger partial charge < -0.3 is 5.11 Å². The number of rotatable bonds is 2. The minimum absolute atomic E-state index is 0.284. The Morgan fingerprint density at radius 2 is 1.40 bits per heavy atom. The van der Waals surface area contributed by atoms with Gasteiger partial charge in [-0.25, -0.2) is 0 Å². The fourth-order valence-corrected chi connectivity index (χ4v) is 2.60. The maximum atomic E-state index is 9.43. The van der Waals surface area contributed by atoms with Crippen molar-refractivity contribution < 1.29 is 5.11 Å². The van der Waals surface area contributed by atoms with E-state index >= 15 is 0 Å². The maximum Gasteiger partial charge on any atom is 0.115 e. The first-order valence-corrected chi connectivity index (χ1v) is 7.46. The molecule has 1 N–H and O–H groups in total. The van der Waals surface area contributed by atoms with Crippen LogP contribution in [-0.2, 0) is 0 Å². The highest BCUT2D eigenvalue weighted by Crippen LogP contribution is 2.38. The zero-order chi connectivity index (χ0) is 13.9. The van der Waals surface area contributed by atoms with E-state index in [1.807, 2.05) is 24.3 Å². The zero-order valence-electron chi connectivity index (χ0n) is 10.6. The van der Waals surface area contributed by atoms with Crippen LogP contribution in [0.2, 0.25) is 0 Å². The molecule has 0 spiro atoms. The average molecular weight is 373 g/mol. The second kappa shape index (κ2) is 5.63. The highest BCUT2D eigenvalue weighted by atomic mass is 127. The minimum atomic E-state index is 0.284. The number of pyridine rings is 1. The van der Waals surface area contributed by atoms with Crippen molar-refractivity contribution >= 4 is 33.7 Å². The third-order valence-electron chi connectivity index (χ3n) is 3.21. The molecule has 2 aromatic rings. The summed E-state index contributed by atoms with van der Waals surface area (Å²) in [6.07, 6.45) is 7.94. The molecule has 1 aromatic carbocycles. The Hall–Kier alpha value is -1.88. The first-order chi connectivity index (χ1) is 9.78. The summed E-state index contributed by atoms with van der Waals surface area (Å²) in [7, 11) is 0. The van der Waals surface area contributed by atoms with E-state index in [9.17, 15) is 5.11 Å². The molecule has 0 radical (unpaired) electrons. The molecule has 98 valence electrons. The number of nitrogens with zero attached hydrogens (tertiary/aromatic N) is 1. The van der Waals surface area contributed by atoms with E-state index in [2.05, 4.69) is 43.8 Å². The van der Waals surface area contributed by atoms with Gasteiger partial charge in [-0.2, -0.15) is 0 Å². The summed E-state index contributed by atoms with van der Waals surface area (Å²) >= 11 is 2.25. The van der Waals surface area contributed by atoms with Crippen LogP contribution in [0.5, 0.6) is 5.75 Å². The Balaban J connectivity index is 2.09. The number of aromatic nitrogens is 1. The van der Waals surface area contributed by atoms with Gasteiger partial charge in [0.2, 0.25) is 0 Å². The number of phenols is 1. The summed E-state index contributed by atoms with van der Waals surface area (Å²) in [5.74, 6) is 0.284. The van der Waals surface area contributed by atoms with E-state index in [0.717, 1.165) is 11.1 Å². The van der Waals surface area contributed by atoms with Crippen molar-refractivity contribution in [3.63, 3.8) is 0 Å². The Labute approximate surface area is 131 Å². The molecule has 0 unspecified atom stereocenters. The molecule has 20 heavy (non-hydrogen) atoms. The fourth-order valence-electron chi connectivity index (χ4n) is 2.24. The molecular formula is C17H12INO. The summed E-state index contributed by atoms with van der Waals surface area (Å²) < 4.78 is 2.06. The molecule has 0 atom stereocenters. The van der Waals surface area contributed by atoms with Crippen LogP contribution >= 0.6 is 22.6 Å². The largest absolute Gasteiger partial charge is 0.508 e. The molecule has 0 bridgehead atoms. The molecule has 0 amide bonds. The minimum Gasteiger partial charge on any atom is -0.508 e. The topological polar surface area (TPSA) is 33.1 Å². The van der Waals surface area contributed by atoms with Gasteiger partial charge in [-0.15, -0.1) is 0 Å². The SMILES string of the molecule is Oc1ccc(C2=C/C(=C\I)C=C2c2ccncc2)cc1. The lowest BCUT2D eigenvalue weighted by Gasteiger charge is -2.09. The molecule has 0 fully saturated rings. The van der Waals surface area contributed by atoms with Crippen LogP contribution in [0.1, 0.15) is 11.1 Å². The molecule has 3 rings (SSSR count). The molecule has 1 heterocycles. The van der Waals surface area contributed by atoms with Crippen LogP contribution in [0, 0.1) is 0 Å². The van der Waals surface area contributed by atoms with E-state index in [1.165, 1.54) is 16.7 Å². The van der Waals surface area contributed by atoms with E-state index in [1.54, 1.807) is 24.5 Å². The van der Waals surface area contributed by atoms with Crippen molar-refractivity contribution in [2.24, 2.45) is 0 Å². The third-order valence-corrected chi connectivity index (χ3v) is 3.93. The zero-order valence-corrected chi connectivity index (χ0v) is 12.8. The lowest BCUT2D eigenvalue weighted by atomic mass is 9.96. The quantitative estimate of drug-likeness (QED) is 0.782. The second-order valence-corrected chi connectivity index (χ2v) is 5.13. The van der Waals surface area contributed by atoms with E-state index in [-0.39, 0.29) is 5.75 Å². The van der Waals surface area contributed by atoms with Crippen LogP contribution in [-0.4, -0.2) is 10.1 Å². The Bertz CT molecular complexity index is 712. The summed E-state index contributed by atoms with van der Waals surface area (Å²) in [6.45, 7) is 0. The standard InChI is InChI=1S/C17H12INO/c18-11-12-9-16(13-1-3-15(20)4-2-13)17(10-12)14-5-7-19-8-6-14/h1-11,20H/b12-11+. The summed E-state index contributed by atoms with van der Waals surface area (Å²) in [5, 5.41) is 9.43. The van der Waals surface area contributed by atoms with Gasteiger partial charge in [-0.05, 0) is 68.3 Å². The molecule has 0 saturated carbocycles. The Morgan fingerprint density at radius 3 is 1.95 bits per heavy atom. The number of phenolic OH excluding ortho intramolecular Hbond substituents is 1. The van der Waals surface area contributed by atoms with Crippen molar-refractivity contribution in [3.05, 3.63) is 81.7 Å². The van der Waals surface area contributed by atoms with Gasteiger partial charge in [0.1, 0.15) is 5.75 Å². The lowest BCUT2D eigenvalue weighted by Crippen LogP contribution is -1.87. The first-order valence-electron chi connectivity index (χ1n) is 6.22. The molecule has 1 aliphatic carbocycles. The number of aromatic hydroxyl groups is 1. The maximum absolute atomic E-state index is 9.43. The van der Waals surface area contributed by atoms with Crippen molar-refractivity contribution in [1.82, 2.24) is 4.98 Å². The molecular weight excluding hydrogens is 361 g/mol. The second-order valence-electron chi connectivity index (χ2n) is 4.51. The van der Waals surface area contributed by atoms with Crippen LogP contribution < -0.4 is 0 Å². The number of halogens is 1. The molecule has 0 saturated heterocycles. The van der Waals surface area contributed by atoms with Crippen molar-refractivity contribution in [3.8, 4) is 5.75 Å². The number of benzene rings is 1. The van der Waals surface area contributed by atoms with Gasteiger partial charge in [-0.3, -0.25) is 4.98 Å². The normalized spacial score (nSPS) is 16.1. The highest BCUT2D eigenvalue weighted by Gasteiger charge is 2.16. The highest BCUT2D eigenvalue weighted by molar-refractivity contribution is 14.1. The van der Waals surface area contributed by atoms with Gasteiger partial charge in [0.25, 0.3) is 0 Å². The predicted molar refractivity (Wildman–Crippen MR) is 90.4 cm³/mol. The van der Waals surface area contributed by atoms with Crippen molar-refractivity contribution in [2.45, 2.75) is 0 Å². The number of hydrogen-bond acceptors (Lipinski definition) is 2. The molecule has 2 nitrogen and oxygen atoms in total. The lowest BCUT2D eigenvalue weighted by molar-refractivity contribution is 0.475. The van der Waals surface area contributed by atoms with Gasteiger partial charge in [-0.1, -0.05) is 34.7 Å². The van der Waals surface area contributed by atoms with Gasteiger partial charge in [0.15, 0.2) is 0 Å².